The summed E-state index contributed by atoms with van der Waals surface area (Å²) in [4.78, 5) is 0. The molecule has 1 aromatic heterocycles. The molecule has 1 N–H and O–H groups in total. The highest BCUT2D eigenvalue weighted by atomic mass is 15.5. The first-order valence-electron chi connectivity index (χ1n) is 4.99. The number of aromatic nitrogens is 4. The Hall–Kier alpha value is -2.23. The van der Waals surface area contributed by atoms with Crippen molar-refractivity contribution in [2.45, 2.75) is 6.92 Å². The SMILES string of the molecule is Cc1cccc2ccccc12.c1nnn[nH]1. The van der Waals surface area contributed by atoms with Crippen molar-refractivity contribution >= 4 is 10.8 Å². The van der Waals surface area contributed by atoms with Gasteiger partial charge in [0.15, 0.2) is 0 Å². The monoisotopic (exact) mass is 212 g/mol. The average molecular weight is 212 g/mol. The van der Waals surface area contributed by atoms with Crippen molar-refractivity contribution in [3.63, 3.8) is 0 Å². The zero-order chi connectivity index (χ0) is 11.2. The Bertz CT molecular complexity index is 523. The van der Waals surface area contributed by atoms with Crippen LogP contribution in [0.25, 0.3) is 10.8 Å². The first kappa shape index (κ1) is 10.3. The number of tetrazole rings is 1. The highest BCUT2D eigenvalue weighted by Gasteiger charge is 1.92. The van der Waals surface area contributed by atoms with E-state index in [1.54, 1.807) is 0 Å². The Labute approximate surface area is 93.3 Å². The first-order valence-corrected chi connectivity index (χ1v) is 4.99. The average Bonchev–Trinajstić information content (AvgIpc) is 2.88. The van der Waals surface area contributed by atoms with Crippen LogP contribution in [0.3, 0.4) is 0 Å². The Morgan fingerprint density at radius 1 is 1.00 bits per heavy atom. The standard InChI is InChI=1S/C11H10.CH2N4/c1-9-5-4-7-10-6-2-3-8-11(9)10;1-2-4-5-3-1/h2-8H,1H3;1H,(H,2,3,4,5). The molecule has 4 nitrogen and oxygen atoms in total. The van der Waals surface area contributed by atoms with Crippen molar-refractivity contribution in [2.75, 3.05) is 0 Å². The van der Waals surface area contributed by atoms with Crippen molar-refractivity contribution in [1.82, 2.24) is 20.6 Å². The van der Waals surface area contributed by atoms with Gasteiger partial charge in [0.05, 0.1) is 0 Å². The number of rotatable bonds is 0. The number of nitrogens with zero attached hydrogens (tertiary/aromatic N) is 3. The maximum atomic E-state index is 3.31. The van der Waals surface area contributed by atoms with Crippen LogP contribution >= 0.6 is 0 Å². The summed E-state index contributed by atoms with van der Waals surface area (Å²) in [6.07, 6.45) is 1.40. The van der Waals surface area contributed by atoms with Crippen molar-refractivity contribution in [3.8, 4) is 0 Å². The van der Waals surface area contributed by atoms with E-state index in [0.29, 0.717) is 0 Å². The van der Waals surface area contributed by atoms with Crippen molar-refractivity contribution in [3.05, 3.63) is 54.4 Å². The zero-order valence-corrected chi connectivity index (χ0v) is 8.96. The summed E-state index contributed by atoms with van der Waals surface area (Å²) < 4.78 is 0. The molecule has 0 amide bonds. The third-order valence-electron chi connectivity index (χ3n) is 2.28. The summed E-state index contributed by atoms with van der Waals surface area (Å²) in [5, 5.41) is 14.8. The number of H-pyrrole nitrogens is 1. The van der Waals surface area contributed by atoms with E-state index in [4.69, 9.17) is 0 Å². The molecular weight excluding hydrogens is 200 g/mol. The molecule has 0 radical (unpaired) electrons. The number of aryl methyl sites for hydroxylation is 1. The summed E-state index contributed by atoms with van der Waals surface area (Å²) in [5.41, 5.74) is 1.35. The Morgan fingerprint density at radius 2 is 1.81 bits per heavy atom. The number of hydrogen-bond donors (Lipinski definition) is 1. The molecular formula is C12H12N4. The molecule has 4 heteroatoms. The molecule has 0 saturated carbocycles. The minimum absolute atomic E-state index is 1.33. The second-order valence-electron chi connectivity index (χ2n) is 3.36. The topological polar surface area (TPSA) is 54.5 Å². The normalized spacial score (nSPS) is 9.56. The lowest BCUT2D eigenvalue weighted by molar-refractivity contribution is 0.881. The summed E-state index contributed by atoms with van der Waals surface area (Å²) in [7, 11) is 0. The summed E-state index contributed by atoms with van der Waals surface area (Å²) in [6, 6.07) is 14.8. The fourth-order valence-corrected chi connectivity index (χ4v) is 1.52. The van der Waals surface area contributed by atoms with Crippen LogP contribution in [0.15, 0.2) is 48.8 Å². The second kappa shape index (κ2) is 5.02. The molecule has 3 aromatic rings. The number of fused-ring (bicyclic) bond motifs is 1. The van der Waals surface area contributed by atoms with Gasteiger partial charge in [0.2, 0.25) is 0 Å². The van der Waals surface area contributed by atoms with Crippen molar-refractivity contribution < 1.29 is 0 Å². The van der Waals surface area contributed by atoms with Crippen LogP contribution in [0.4, 0.5) is 0 Å². The smallest absolute Gasteiger partial charge is 0.135 e. The molecule has 0 spiro atoms. The van der Waals surface area contributed by atoms with Gasteiger partial charge in [-0.2, -0.15) is 0 Å². The number of benzene rings is 2. The molecule has 0 aliphatic rings. The van der Waals surface area contributed by atoms with Crippen molar-refractivity contribution in [1.29, 1.82) is 0 Å². The van der Waals surface area contributed by atoms with Gasteiger partial charge in [-0.15, -0.1) is 5.10 Å². The lowest BCUT2D eigenvalue weighted by Gasteiger charge is -1.98. The lowest BCUT2D eigenvalue weighted by Crippen LogP contribution is -1.75. The lowest BCUT2D eigenvalue weighted by atomic mass is 10.1. The van der Waals surface area contributed by atoms with Crippen molar-refractivity contribution in [2.24, 2.45) is 0 Å². The van der Waals surface area contributed by atoms with Gasteiger partial charge in [-0.05, 0) is 33.7 Å². The molecule has 0 saturated heterocycles. The zero-order valence-electron chi connectivity index (χ0n) is 8.96. The third kappa shape index (κ3) is 2.42. The summed E-state index contributed by atoms with van der Waals surface area (Å²) >= 11 is 0. The van der Waals surface area contributed by atoms with Gasteiger partial charge in [0, 0.05) is 0 Å². The Kier molecular flexibility index (Phi) is 3.23. The predicted octanol–water partition coefficient (Wildman–Crippen LogP) is 2.35. The first-order chi connectivity index (χ1) is 7.88. The molecule has 1 heterocycles. The van der Waals surface area contributed by atoms with E-state index in [1.807, 2.05) is 0 Å². The van der Waals surface area contributed by atoms with Gasteiger partial charge >= 0.3 is 0 Å². The number of aromatic amines is 1. The van der Waals surface area contributed by atoms with Crippen LogP contribution in [-0.2, 0) is 0 Å². The van der Waals surface area contributed by atoms with E-state index in [0.717, 1.165) is 0 Å². The molecule has 0 unspecified atom stereocenters. The molecule has 0 atom stereocenters. The fraction of sp³-hybridized carbons (Fsp3) is 0.0833. The van der Waals surface area contributed by atoms with Crippen LogP contribution in [0.5, 0.6) is 0 Å². The van der Waals surface area contributed by atoms with Crippen LogP contribution in [0.2, 0.25) is 0 Å². The maximum absolute atomic E-state index is 3.31. The largest absolute Gasteiger partial charge is 0.246 e. The van der Waals surface area contributed by atoms with Crippen LogP contribution in [0.1, 0.15) is 5.56 Å². The summed E-state index contributed by atoms with van der Waals surface area (Å²) in [5.74, 6) is 0. The predicted molar refractivity (Wildman–Crippen MR) is 62.9 cm³/mol. The van der Waals surface area contributed by atoms with E-state index in [-0.39, 0.29) is 0 Å². The molecule has 0 aliphatic carbocycles. The van der Waals surface area contributed by atoms with Gasteiger partial charge in [-0.3, -0.25) is 0 Å². The van der Waals surface area contributed by atoms with Gasteiger partial charge in [0.1, 0.15) is 6.33 Å². The molecule has 0 aliphatic heterocycles. The second-order valence-corrected chi connectivity index (χ2v) is 3.36. The van der Waals surface area contributed by atoms with Gasteiger partial charge in [-0.25, -0.2) is 5.10 Å². The fourth-order valence-electron chi connectivity index (χ4n) is 1.52. The highest BCUT2D eigenvalue weighted by molar-refractivity contribution is 5.85. The van der Waals surface area contributed by atoms with Gasteiger partial charge in [-0.1, -0.05) is 42.5 Å². The van der Waals surface area contributed by atoms with E-state index in [9.17, 15) is 0 Å². The molecule has 16 heavy (non-hydrogen) atoms. The maximum Gasteiger partial charge on any atom is 0.135 e. The molecule has 2 aromatic carbocycles. The minimum atomic E-state index is 1.33. The molecule has 0 fully saturated rings. The van der Waals surface area contributed by atoms with E-state index >= 15 is 0 Å². The number of nitrogens with one attached hydrogen (secondary N) is 1. The quantitative estimate of drug-likeness (QED) is 0.622. The minimum Gasteiger partial charge on any atom is -0.246 e. The molecule has 0 bridgehead atoms. The van der Waals surface area contributed by atoms with E-state index < -0.39 is 0 Å². The van der Waals surface area contributed by atoms with Gasteiger partial charge in [0.25, 0.3) is 0 Å². The Morgan fingerprint density at radius 3 is 2.44 bits per heavy atom. The molecule has 80 valence electrons. The van der Waals surface area contributed by atoms with Gasteiger partial charge < -0.3 is 0 Å². The molecule has 3 rings (SSSR count). The van der Waals surface area contributed by atoms with Crippen LogP contribution in [0, 0.1) is 6.92 Å². The highest BCUT2D eigenvalue weighted by Crippen LogP contribution is 2.16. The van der Waals surface area contributed by atoms with Crippen LogP contribution < -0.4 is 0 Å². The van der Waals surface area contributed by atoms with E-state index in [1.165, 1.54) is 22.7 Å². The number of hydrogen-bond acceptors (Lipinski definition) is 3. The Balaban J connectivity index is 0.000000162. The van der Waals surface area contributed by atoms with E-state index in [2.05, 4.69) is 70.0 Å². The summed E-state index contributed by atoms with van der Waals surface area (Å²) in [6.45, 7) is 2.14. The van der Waals surface area contributed by atoms with Crippen LogP contribution in [-0.4, -0.2) is 20.6 Å². The third-order valence-corrected chi connectivity index (χ3v) is 2.28.